The van der Waals surface area contributed by atoms with E-state index in [-0.39, 0.29) is 0 Å². The van der Waals surface area contributed by atoms with E-state index in [1.54, 1.807) is 13.3 Å². The summed E-state index contributed by atoms with van der Waals surface area (Å²) in [6.45, 7) is 0. The van der Waals surface area contributed by atoms with E-state index in [1.807, 2.05) is 42.5 Å². The molecule has 4 aromatic heterocycles. The van der Waals surface area contributed by atoms with Crippen molar-refractivity contribution in [1.82, 2.24) is 24.5 Å². The molecule has 0 aliphatic heterocycles. The molecule has 132 valence electrons. The van der Waals surface area contributed by atoms with E-state index in [4.69, 9.17) is 4.74 Å². The van der Waals surface area contributed by atoms with E-state index < -0.39 is 0 Å². The molecule has 0 saturated carbocycles. The van der Waals surface area contributed by atoms with Crippen molar-refractivity contribution < 1.29 is 4.74 Å². The molecule has 1 aromatic carbocycles. The van der Waals surface area contributed by atoms with Gasteiger partial charge in [-0.25, -0.2) is 15.0 Å². The van der Waals surface area contributed by atoms with Crippen LogP contribution in [0.2, 0.25) is 0 Å². The van der Waals surface area contributed by atoms with Gasteiger partial charge in [-0.3, -0.25) is 0 Å². The summed E-state index contributed by atoms with van der Waals surface area (Å²) in [5.74, 6) is 0.587. The largest absolute Gasteiger partial charge is 0.481 e. The van der Waals surface area contributed by atoms with Crippen molar-refractivity contribution in [3.8, 4) is 28.1 Å². The maximum Gasteiger partial charge on any atom is 0.213 e. The van der Waals surface area contributed by atoms with Gasteiger partial charge in [0.15, 0.2) is 0 Å². The predicted molar refractivity (Wildman–Crippen MR) is 106 cm³/mol. The molecule has 0 atom stereocenters. The van der Waals surface area contributed by atoms with E-state index in [9.17, 15) is 0 Å². The van der Waals surface area contributed by atoms with Crippen LogP contribution in [0.5, 0.6) is 5.88 Å². The van der Waals surface area contributed by atoms with Crippen LogP contribution in [0.4, 0.5) is 0 Å². The average molecular weight is 355 g/mol. The number of benzene rings is 1. The summed E-state index contributed by atoms with van der Waals surface area (Å²) in [6.07, 6.45) is 7.45. The van der Waals surface area contributed by atoms with Crippen molar-refractivity contribution in [3.05, 3.63) is 61.3 Å². The number of nitrogens with one attached hydrogen (secondary N) is 1. The first-order chi connectivity index (χ1) is 13.2. The van der Waals surface area contributed by atoms with Crippen LogP contribution in [-0.2, 0) is 7.05 Å². The monoisotopic (exact) mass is 355 g/mol. The molecule has 5 rings (SSSR count). The Morgan fingerprint density at radius 3 is 2.78 bits per heavy atom. The fourth-order valence-electron chi connectivity index (χ4n) is 3.39. The second kappa shape index (κ2) is 5.95. The number of hydrogen-bond acceptors (Lipinski definition) is 4. The van der Waals surface area contributed by atoms with Crippen LogP contribution in [0.1, 0.15) is 0 Å². The van der Waals surface area contributed by atoms with Gasteiger partial charge in [-0.1, -0.05) is 6.07 Å². The first-order valence-corrected chi connectivity index (χ1v) is 8.62. The fourth-order valence-corrected chi connectivity index (χ4v) is 3.39. The normalized spacial score (nSPS) is 11.3. The minimum absolute atomic E-state index is 0.587. The zero-order chi connectivity index (χ0) is 18.4. The SMILES string of the molecule is COc1cc(-c2cnc3[nH]cc(-c4ccc5ncn(C)c5c4)c3c2)ccn1. The van der Waals surface area contributed by atoms with E-state index in [1.165, 1.54) is 0 Å². The lowest BCUT2D eigenvalue weighted by Crippen LogP contribution is -1.88. The smallest absolute Gasteiger partial charge is 0.213 e. The first-order valence-electron chi connectivity index (χ1n) is 8.62. The van der Waals surface area contributed by atoms with Crippen molar-refractivity contribution in [2.24, 2.45) is 7.05 Å². The fraction of sp³-hybridized carbons (Fsp3) is 0.0952. The summed E-state index contributed by atoms with van der Waals surface area (Å²) in [5.41, 5.74) is 7.23. The Balaban J connectivity index is 1.67. The highest BCUT2D eigenvalue weighted by Crippen LogP contribution is 2.32. The molecule has 0 amide bonds. The molecule has 0 bridgehead atoms. The van der Waals surface area contributed by atoms with Gasteiger partial charge in [0.2, 0.25) is 5.88 Å². The molecule has 6 heteroatoms. The highest BCUT2D eigenvalue weighted by Gasteiger charge is 2.11. The lowest BCUT2D eigenvalue weighted by atomic mass is 10.0. The molecule has 5 aromatic rings. The number of pyridine rings is 2. The average Bonchev–Trinajstić information content (AvgIpc) is 3.31. The second-order valence-corrected chi connectivity index (χ2v) is 6.47. The minimum atomic E-state index is 0.587. The van der Waals surface area contributed by atoms with Gasteiger partial charge in [0.25, 0.3) is 0 Å². The topological polar surface area (TPSA) is 68.6 Å². The molecule has 6 nitrogen and oxygen atoms in total. The minimum Gasteiger partial charge on any atom is -0.481 e. The van der Waals surface area contributed by atoms with Gasteiger partial charge in [-0.2, -0.15) is 0 Å². The van der Waals surface area contributed by atoms with Crippen LogP contribution in [0, 0.1) is 0 Å². The van der Waals surface area contributed by atoms with Gasteiger partial charge in [0, 0.05) is 48.2 Å². The summed E-state index contributed by atoms with van der Waals surface area (Å²) in [7, 11) is 3.62. The number of methoxy groups -OCH3 is 1. The van der Waals surface area contributed by atoms with Gasteiger partial charge >= 0.3 is 0 Å². The molecule has 0 saturated heterocycles. The van der Waals surface area contributed by atoms with Gasteiger partial charge in [-0.05, 0) is 35.4 Å². The van der Waals surface area contributed by atoms with E-state index in [2.05, 4.69) is 44.2 Å². The Morgan fingerprint density at radius 2 is 1.89 bits per heavy atom. The predicted octanol–water partition coefficient (Wildman–Crippen LogP) is 4.19. The molecular formula is C21H17N5O. The number of imidazole rings is 1. The van der Waals surface area contributed by atoms with Crippen molar-refractivity contribution in [1.29, 1.82) is 0 Å². The number of aromatic amines is 1. The molecular weight excluding hydrogens is 338 g/mol. The highest BCUT2D eigenvalue weighted by molar-refractivity contribution is 5.97. The summed E-state index contributed by atoms with van der Waals surface area (Å²) >= 11 is 0. The lowest BCUT2D eigenvalue weighted by Gasteiger charge is -2.05. The van der Waals surface area contributed by atoms with Crippen LogP contribution in [-0.4, -0.2) is 31.6 Å². The number of ether oxygens (including phenoxy) is 1. The Kier molecular flexibility index (Phi) is 3.43. The number of fused-ring (bicyclic) bond motifs is 2. The molecule has 0 spiro atoms. The number of hydrogen-bond donors (Lipinski definition) is 1. The van der Waals surface area contributed by atoms with E-state index in [0.29, 0.717) is 5.88 Å². The number of rotatable bonds is 3. The maximum atomic E-state index is 5.24. The van der Waals surface area contributed by atoms with Gasteiger partial charge in [-0.15, -0.1) is 0 Å². The number of aromatic nitrogens is 5. The van der Waals surface area contributed by atoms with Gasteiger partial charge < -0.3 is 14.3 Å². The van der Waals surface area contributed by atoms with Crippen LogP contribution in [0.15, 0.2) is 61.3 Å². The van der Waals surface area contributed by atoms with Crippen LogP contribution in [0.3, 0.4) is 0 Å². The molecule has 4 heterocycles. The second-order valence-electron chi connectivity index (χ2n) is 6.47. The molecule has 27 heavy (non-hydrogen) atoms. The third kappa shape index (κ3) is 2.54. The Morgan fingerprint density at radius 1 is 0.963 bits per heavy atom. The summed E-state index contributed by atoms with van der Waals surface area (Å²) in [5, 5.41) is 1.07. The number of aryl methyl sites for hydroxylation is 1. The Bertz CT molecular complexity index is 1280. The standard InChI is InChI=1S/C21H17N5O/c1-26-12-25-18-4-3-14(8-19(18)26)17-11-24-21-16(17)7-15(10-23-21)13-5-6-22-20(9-13)27-2/h3-12H,1-2H3,(H,23,24). The van der Waals surface area contributed by atoms with Gasteiger partial charge in [0.1, 0.15) is 5.65 Å². The molecule has 0 fully saturated rings. The van der Waals surface area contributed by atoms with Crippen molar-refractivity contribution in [2.45, 2.75) is 0 Å². The number of nitrogens with zero attached hydrogens (tertiary/aromatic N) is 4. The lowest BCUT2D eigenvalue weighted by molar-refractivity contribution is 0.398. The third-order valence-electron chi connectivity index (χ3n) is 4.84. The van der Waals surface area contributed by atoms with Crippen molar-refractivity contribution in [3.63, 3.8) is 0 Å². The van der Waals surface area contributed by atoms with Gasteiger partial charge in [0.05, 0.1) is 24.5 Å². The Labute approximate surface area is 155 Å². The van der Waals surface area contributed by atoms with Crippen LogP contribution < -0.4 is 4.74 Å². The summed E-state index contributed by atoms with van der Waals surface area (Å²) in [4.78, 5) is 16.4. The molecule has 0 aliphatic carbocycles. The van der Waals surface area contributed by atoms with Crippen molar-refractivity contribution in [2.75, 3.05) is 7.11 Å². The highest BCUT2D eigenvalue weighted by atomic mass is 16.5. The molecule has 1 N–H and O–H groups in total. The zero-order valence-corrected chi connectivity index (χ0v) is 15.0. The molecule has 0 unspecified atom stereocenters. The van der Waals surface area contributed by atoms with Crippen LogP contribution >= 0.6 is 0 Å². The van der Waals surface area contributed by atoms with Crippen LogP contribution in [0.25, 0.3) is 44.3 Å². The molecule has 0 radical (unpaired) electrons. The summed E-state index contributed by atoms with van der Waals surface area (Å²) in [6, 6.07) is 12.3. The van der Waals surface area contributed by atoms with E-state index >= 15 is 0 Å². The maximum absolute atomic E-state index is 5.24. The summed E-state index contributed by atoms with van der Waals surface area (Å²) < 4.78 is 7.27. The quantitative estimate of drug-likeness (QED) is 0.527. The number of H-pyrrole nitrogens is 1. The zero-order valence-electron chi connectivity index (χ0n) is 15.0. The third-order valence-corrected chi connectivity index (χ3v) is 4.84. The molecule has 0 aliphatic rings. The first kappa shape index (κ1) is 15.6. The van der Waals surface area contributed by atoms with Crippen molar-refractivity contribution >= 4 is 22.1 Å². The van der Waals surface area contributed by atoms with E-state index in [0.717, 1.165) is 44.3 Å². The Hall–Kier alpha value is -3.67.